The van der Waals surface area contributed by atoms with Gasteiger partial charge in [0.05, 0.1) is 11.2 Å². The largest absolute Gasteiger partial charge is 0.347 e. The second kappa shape index (κ2) is 7.95. The third kappa shape index (κ3) is 3.35. The molecule has 0 amide bonds. The van der Waals surface area contributed by atoms with Crippen molar-refractivity contribution in [2.45, 2.75) is 20.4 Å². The third-order valence-electron chi connectivity index (χ3n) is 5.70. The highest BCUT2D eigenvalue weighted by Crippen LogP contribution is 2.31. The molecule has 0 saturated carbocycles. The fourth-order valence-electron chi connectivity index (χ4n) is 4.23. The molecule has 6 heteroatoms. The summed E-state index contributed by atoms with van der Waals surface area (Å²) in [6, 6.07) is 15.0. The first-order valence-electron chi connectivity index (χ1n) is 9.52. The molecule has 2 aromatic carbocycles. The summed E-state index contributed by atoms with van der Waals surface area (Å²) in [6.45, 7) is 1.89. The number of halogens is 2. The Bertz CT molecular complexity index is 1320. The average molecular weight is 440 g/mol. The number of aryl methyl sites for hydroxylation is 1. The molecule has 1 aliphatic rings. The van der Waals surface area contributed by atoms with E-state index in [0.29, 0.717) is 10.0 Å². The Kier molecular flexibility index (Phi) is 5.49. The standard InChI is InChI=1S/C23H19Cl2N3O.CH4/c1-27-21-6-8-26-13-19(21)18-5-3-16(12-22(18)27)28-9-7-14(10-23(28)29)17-4-2-15(24)11-20(17)25;/h2-5,7,9-12,26H,6,8,13H2,1H3;1H4. The molecule has 3 heterocycles. The van der Waals surface area contributed by atoms with Gasteiger partial charge in [0.2, 0.25) is 0 Å². The minimum atomic E-state index is -0.103. The summed E-state index contributed by atoms with van der Waals surface area (Å²) in [4.78, 5) is 12.9. The van der Waals surface area contributed by atoms with E-state index in [2.05, 4.69) is 29.1 Å². The number of fused-ring (bicyclic) bond motifs is 3. The molecule has 5 rings (SSSR count). The summed E-state index contributed by atoms with van der Waals surface area (Å²) in [7, 11) is 2.10. The number of hydrogen-bond donors (Lipinski definition) is 1. The lowest BCUT2D eigenvalue weighted by atomic mass is 10.1. The Morgan fingerprint density at radius 3 is 2.63 bits per heavy atom. The van der Waals surface area contributed by atoms with Gasteiger partial charge in [0.1, 0.15) is 0 Å². The molecule has 0 fully saturated rings. The zero-order valence-electron chi connectivity index (χ0n) is 15.9. The number of nitrogens with zero attached hydrogens (tertiary/aromatic N) is 2. The predicted molar refractivity (Wildman–Crippen MR) is 126 cm³/mol. The van der Waals surface area contributed by atoms with Gasteiger partial charge in [-0.05, 0) is 41.5 Å². The number of nitrogens with one attached hydrogen (secondary N) is 1. The van der Waals surface area contributed by atoms with Gasteiger partial charge in [-0.25, -0.2) is 0 Å². The molecule has 1 N–H and O–H groups in total. The fourth-order valence-corrected chi connectivity index (χ4v) is 4.74. The molecule has 4 aromatic rings. The molecule has 0 unspecified atom stereocenters. The van der Waals surface area contributed by atoms with Gasteiger partial charge in [0.15, 0.2) is 0 Å². The highest BCUT2D eigenvalue weighted by molar-refractivity contribution is 6.36. The SMILES string of the molecule is C.Cn1c2c(c3ccc(-n4ccc(-c5ccc(Cl)cc5Cl)cc4=O)cc31)CNCC2. The second-order valence-corrected chi connectivity index (χ2v) is 8.20. The van der Waals surface area contributed by atoms with Gasteiger partial charge in [-0.3, -0.25) is 9.36 Å². The van der Waals surface area contributed by atoms with E-state index < -0.39 is 0 Å². The number of pyridine rings is 1. The van der Waals surface area contributed by atoms with Crippen LogP contribution in [0.15, 0.2) is 59.5 Å². The molecule has 0 bridgehead atoms. The highest BCUT2D eigenvalue weighted by atomic mass is 35.5. The zero-order valence-corrected chi connectivity index (χ0v) is 17.4. The van der Waals surface area contributed by atoms with Crippen molar-refractivity contribution in [3.63, 3.8) is 0 Å². The minimum absolute atomic E-state index is 0. The molecule has 0 spiro atoms. The highest BCUT2D eigenvalue weighted by Gasteiger charge is 2.18. The van der Waals surface area contributed by atoms with Crippen LogP contribution in [0.4, 0.5) is 0 Å². The molecule has 4 nitrogen and oxygen atoms in total. The van der Waals surface area contributed by atoms with Crippen LogP contribution in [-0.4, -0.2) is 15.7 Å². The van der Waals surface area contributed by atoms with Crippen LogP contribution in [0.1, 0.15) is 18.7 Å². The summed E-state index contributed by atoms with van der Waals surface area (Å²) < 4.78 is 3.92. The van der Waals surface area contributed by atoms with E-state index in [1.54, 1.807) is 29.0 Å². The first-order valence-corrected chi connectivity index (χ1v) is 10.3. The third-order valence-corrected chi connectivity index (χ3v) is 6.25. The Hall–Kier alpha value is -2.53. The van der Waals surface area contributed by atoms with Crippen LogP contribution in [-0.2, 0) is 20.0 Å². The van der Waals surface area contributed by atoms with E-state index in [4.69, 9.17) is 23.2 Å². The van der Waals surface area contributed by atoms with Gasteiger partial charge < -0.3 is 9.88 Å². The van der Waals surface area contributed by atoms with Gasteiger partial charge in [-0.1, -0.05) is 42.8 Å². The number of rotatable bonds is 2. The Morgan fingerprint density at radius 1 is 1.03 bits per heavy atom. The first-order chi connectivity index (χ1) is 14.0. The van der Waals surface area contributed by atoms with Crippen LogP contribution in [0.25, 0.3) is 27.7 Å². The minimum Gasteiger partial charge on any atom is -0.347 e. The smallest absolute Gasteiger partial charge is 0.255 e. The van der Waals surface area contributed by atoms with E-state index in [9.17, 15) is 4.79 Å². The van der Waals surface area contributed by atoms with Crippen LogP contribution in [0.5, 0.6) is 0 Å². The average Bonchev–Trinajstić information content (AvgIpc) is 3.00. The van der Waals surface area contributed by atoms with Crippen molar-refractivity contribution < 1.29 is 0 Å². The summed E-state index contributed by atoms with van der Waals surface area (Å²) in [5.74, 6) is 0. The molecule has 1 aliphatic heterocycles. The lowest BCUT2D eigenvalue weighted by Crippen LogP contribution is -2.24. The van der Waals surface area contributed by atoms with Crippen molar-refractivity contribution in [1.29, 1.82) is 0 Å². The van der Waals surface area contributed by atoms with E-state index in [0.717, 1.165) is 41.8 Å². The Labute approximate surface area is 185 Å². The molecule has 0 radical (unpaired) electrons. The van der Waals surface area contributed by atoms with Gasteiger partial charge >= 0.3 is 0 Å². The summed E-state index contributed by atoms with van der Waals surface area (Å²) in [6.07, 6.45) is 2.82. The van der Waals surface area contributed by atoms with E-state index >= 15 is 0 Å². The van der Waals surface area contributed by atoms with Gasteiger partial charge in [-0.15, -0.1) is 0 Å². The summed E-state index contributed by atoms with van der Waals surface area (Å²) >= 11 is 12.3. The number of aromatic nitrogens is 2. The number of benzene rings is 2. The Balaban J connectivity index is 0.00000218. The van der Waals surface area contributed by atoms with E-state index in [-0.39, 0.29) is 13.0 Å². The monoisotopic (exact) mass is 439 g/mol. The van der Waals surface area contributed by atoms with Crippen LogP contribution < -0.4 is 10.9 Å². The van der Waals surface area contributed by atoms with Crippen LogP contribution in [0, 0.1) is 0 Å². The topological polar surface area (TPSA) is 39.0 Å². The first kappa shape index (κ1) is 20.7. The van der Waals surface area contributed by atoms with Gasteiger partial charge in [0, 0.05) is 65.5 Å². The molecule has 30 heavy (non-hydrogen) atoms. The van der Waals surface area contributed by atoms with Gasteiger partial charge in [-0.2, -0.15) is 0 Å². The van der Waals surface area contributed by atoms with E-state index in [1.807, 2.05) is 18.2 Å². The quantitative estimate of drug-likeness (QED) is 0.442. The molecule has 0 atom stereocenters. The van der Waals surface area contributed by atoms with Crippen molar-refractivity contribution in [2.24, 2.45) is 7.05 Å². The maximum Gasteiger partial charge on any atom is 0.255 e. The van der Waals surface area contributed by atoms with Gasteiger partial charge in [0.25, 0.3) is 5.56 Å². The van der Waals surface area contributed by atoms with Crippen molar-refractivity contribution >= 4 is 34.1 Å². The van der Waals surface area contributed by atoms with Crippen molar-refractivity contribution in [3.8, 4) is 16.8 Å². The number of hydrogen-bond acceptors (Lipinski definition) is 2. The predicted octanol–water partition coefficient (Wildman–Crippen LogP) is 5.58. The lowest BCUT2D eigenvalue weighted by molar-refractivity contribution is 0.622. The van der Waals surface area contributed by atoms with Crippen LogP contribution in [0.3, 0.4) is 0 Å². The molecular weight excluding hydrogens is 417 g/mol. The second-order valence-electron chi connectivity index (χ2n) is 7.36. The van der Waals surface area contributed by atoms with Crippen molar-refractivity contribution in [2.75, 3.05) is 6.54 Å². The maximum absolute atomic E-state index is 12.9. The normalized spacial score (nSPS) is 13.2. The summed E-state index contributed by atoms with van der Waals surface area (Å²) in [5.41, 5.74) is 6.19. The molecule has 0 aliphatic carbocycles. The molecular formula is C24H23Cl2N3O. The van der Waals surface area contributed by atoms with Crippen molar-refractivity contribution in [3.05, 3.63) is 86.4 Å². The zero-order chi connectivity index (χ0) is 20.1. The lowest BCUT2D eigenvalue weighted by Gasteiger charge is -2.14. The maximum atomic E-state index is 12.9. The molecule has 0 saturated heterocycles. The molecule has 2 aromatic heterocycles. The van der Waals surface area contributed by atoms with Crippen LogP contribution >= 0.6 is 23.2 Å². The van der Waals surface area contributed by atoms with Crippen molar-refractivity contribution in [1.82, 2.24) is 14.5 Å². The van der Waals surface area contributed by atoms with Crippen LogP contribution in [0.2, 0.25) is 10.0 Å². The summed E-state index contributed by atoms with van der Waals surface area (Å²) in [5, 5.41) is 5.79. The van der Waals surface area contributed by atoms with E-state index in [1.165, 1.54) is 16.6 Å². The Morgan fingerprint density at radius 2 is 1.87 bits per heavy atom. The fraction of sp³-hybridized carbons (Fsp3) is 0.208. The molecule has 154 valence electrons.